The predicted octanol–water partition coefficient (Wildman–Crippen LogP) is 4.20. The van der Waals surface area contributed by atoms with E-state index in [-0.39, 0.29) is 0 Å². The van der Waals surface area contributed by atoms with Crippen LogP contribution in [0.1, 0.15) is 0 Å². The van der Waals surface area contributed by atoms with Crippen LogP contribution in [-0.2, 0) is 32.0 Å². The molecular formula is C18H42O7Si4. The minimum absolute atomic E-state index is 0.502. The van der Waals surface area contributed by atoms with Crippen molar-refractivity contribution >= 4 is 45.2 Å². The Bertz CT molecular complexity index is 557. The maximum absolute atomic E-state index is 13.1. The first-order valence-corrected chi connectivity index (χ1v) is 23.6. The van der Waals surface area contributed by atoms with Gasteiger partial charge in [-0.1, -0.05) is 0 Å². The van der Waals surface area contributed by atoms with Crippen molar-refractivity contribution in [3.8, 4) is 0 Å². The SMILES string of the molecule is CO[C@H](C(=O)O[Si](C)(C)C)[C@H](O[Si](C)(C)C)[C@@H](O[Si](C)(C)C)C(=O)O[Si](C)(C)C. The Hall–Kier alpha value is -0.312. The lowest BCUT2D eigenvalue weighted by Crippen LogP contribution is -2.58. The van der Waals surface area contributed by atoms with Crippen molar-refractivity contribution in [3.63, 3.8) is 0 Å². The first-order valence-electron chi connectivity index (χ1n) is 9.99. The average Bonchev–Trinajstić information content (AvgIpc) is 2.38. The summed E-state index contributed by atoms with van der Waals surface area (Å²) in [6.07, 6.45) is -3.07. The Morgan fingerprint density at radius 2 is 0.897 bits per heavy atom. The molecule has 0 rings (SSSR count). The van der Waals surface area contributed by atoms with E-state index in [0.717, 1.165) is 0 Å². The third kappa shape index (κ3) is 12.9. The summed E-state index contributed by atoms with van der Waals surface area (Å²) in [4.78, 5) is 26.1. The number of hydrogen-bond acceptors (Lipinski definition) is 7. The fraction of sp³-hybridized carbons (Fsp3) is 0.889. The van der Waals surface area contributed by atoms with Gasteiger partial charge in [-0.15, -0.1) is 0 Å². The standard InChI is InChI=1S/C18H42O7Si4/c1-21-15(17(19)24-28(8,9)10)14(22-26(2,3)4)16(23-27(5,6)7)18(20)25-29(11,12)13/h14-16H,1-13H3/t14-,15-,16+/m0/s1. The highest BCUT2D eigenvalue weighted by molar-refractivity contribution is 6.72. The summed E-state index contributed by atoms with van der Waals surface area (Å²) in [5.41, 5.74) is 0. The van der Waals surface area contributed by atoms with Crippen molar-refractivity contribution in [1.82, 2.24) is 0 Å². The second-order valence-corrected chi connectivity index (χ2v) is 28.8. The van der Waals surface area contributed by atoms with Crippen LogP contribution in [0.25, 0.3) is 0 Å². The second-order valence-electron chi connectivity index (χ2n) is 11.1. The van der Waals surface area contributed by atoms with Crippen LogP contribution in [0.2, 0.25) is 78.6 Å². The monoisotopic (exact) mass is 482 g/mol. The minimum Gasteiger partial charge on any atom is -0.518 e. The number of ether oxygens (including phenoxy) is 1. The van der Waals surface area contributed by atoms with Crippen molar-refractivity contribution in [2.75, 3.05) is 7.11 Å². The van der Waals surface area contributed by atoms with E-state index in [1.807, 2.05) is 78.6 Å². The molecule has 0 aromatic carbocycles. The molecule has 0 aliphatic carbocycles. The molecule has 0 aliphatic heterocycles. The van der Waals surface area contributed by atoms with Crippen LogP contribution in [0, 0.1) is 0 Å². The summed E-state index contributed by atoms with van der Waals surface area (Å²) >= 11 is 0. The van der Waals surface area contributed by atoms with Gasteiger partial charge in [0.25, 0.3) is 0 Å². The minimum atomic E-state index is -2.19. The number of hydrogen-bond donors (Lipinski definition) is 0. The van der Waals surface area contributed by atoms with Gasteiger partial charge in [-0.3, -0.25) is 9.59 Å². The zero-order valence-electron chi connectivity index (χ0n) is 20.6. The lowest BCUT2D eigenvalue weighted by atomic mass is 10.1. The van der Waals surface area contributed by atoms with Gasteiger partial charge in [0.2, 0.25) is 16.6 Å². The summed E-state index contributed by atoms with van der Waals surface area (Å²) in [5, 5.41) is 0. The molecule has 0 fully saturated rings. The predicted molar refractivity (Wildman–Crippen MR) is 126 cm³/mol. The van der Waals surface area contributed by atoms with Gasteiger partial charge in [-0.25, -0.2) is 0 Å². The molecule has 0 saturated carbocycles. The topological polar surface area (TPSA) is 80.3 Å². The van der Waals surface area contributed by atoms with E-state index in [1.165, 1.54) is 7.11 Å². The van der Waals surface area contributed by atoms with Crippen LogP contribution < -0.4 is 0 Å². The summed E-state index contributed by atoms with van der Waals surface area (Å²) in [6, 6.07) is 0. The molecule has 172 valence electrons. The van der Waals surface area contributed by atoms with E-state index in [2.05, 4.69) is 0 Å². The maximum Gasteiger partial charge on any atom is 0.324 e. The molecule has 0 aliphatic rings. The van der Waals surface area contributed by atoms with Gasteiger partial charge >= 0.3 is 11.9 Å². The molecule has 0 heterocycles. The molecule has 0 radical (unpaired) electrons. The van der Waals surface area contributed by atoms with E-state index in [4.69, 9.17) is 22.4 Å². The molecule has 0 amide bonds. The summed E-state index contributed by atoms with van der Waals surface area (Å²) < 4.78 is 29.5. The number of carbonyl (C=O) groups excluding carboxylic acids is 2. The fourth-order valence-electron chi connectivity index (χ4n) is 2.40. The van der Waals surface area contributed by atoms with Crippen LogP contribution in [0.15, 0.2) is 0 Å². The van der Waals surface area contributed by atoms with Gasteiger partial charge in [0, 0.05) is 7.11 Å². The lowest BCUT2D eigenvalue weighted by Gasteiger charge is -2.38. The Labute approximate surface area is 181 Å². The quantitative estimate of drug-likeness (QED) is 0.408. The van der Waals surface area contributed by atoms with Crippen LogP contribution in [0.4, 0.5) is 0 Å². The molecule has 0 N–H and O–H groups in total. The van der Waals surface area contributed by atoms with E-state index in [1.54, 1.807) is 0 Å². The smallest absolute Gasteiger partial charge is 0.324 e. The van der Waals surface area contributed by atoms with Crippen molar-refractivity contribution in [1.29, 1.82) is 0 Å². The fourth-order valence-corrected chi connectivity index (χ4v) is 5.90. The Kier molecular flexibility index (Phi) is 10.2. The Morgan fingerprint density at radius 1 is 0.552 bits per heavy atom. The molecule has 0 saturated heterocycles. The van der Waals surface area contributed by atoms with E-state index in [9.17, 15) is 9.59 Å². The molecule has 29 heavy (non-hydrogen) atoms. The van der Waals surface area contributed by atoms with Gasteiger partial charge in [-0.2, -0.15) is 0 Å². The second kappa shape index (κ2) is 10.3. The summed E-state index contributed by atoms with van der Waals surface area (Å²) in [7, 11) is -7.29. The van der Waals surface area contributed by atoms with Gasteiger partial charge in [0.1, 0.15) is 6.10 Å². The van der Waals surface area contributed by atoms with E-state index < -0.39 is 63.5 Å². The number of carbonyl (C=O) groups is 2. The molecule has 0 bridgehead atoms. The van der Waals surface area contributed by atoms with E-state index in [0.29, 0.717) is 0 Å². The van der Waals surface area contributed by atoms with Crippen LogP contribution >= 0.6 is 0 Å². The van der Waals surface area contributed by atoms with Crippen LogP contribution in [0.5, 0.6) is 0 Å². The molecule has 7 nitrogen and oxygen atoms in total. The van der Waals surface area contributed by atoms with Crippen molar-refractivity contribution < 1.29 is 32.0 Å². The normalized spacial score (nSPS) is 16.7. The van der Waals surface area contributed by atoms with E-state index >= 15 is 0 Å². The Balaban J connectivity index is 6.21. The molecule has 0 spiro atoms. The Morgan fingerprint density at radius 3 is 1.17 bits per heavy atom. The van der Waals surface area contributed by atoms with Crippen molar-refractivity contribution in [2.24, 2.45) is 0 Å². The molecule has 3 atom stereocenters. The van der Waals surface area contributed by atoms with Crippen molar-refractivity contribution in [2.45, 2.75) is 96.9 Å². The molecule has 11 heteroatoms. The van der Waals surface area contributed by atoms with Crippen molar-refractivity contribution in [3.05, 3.63) is 0 Å². The summed E-state index contributed by atoms with van der Waals surface area (Å²) in [5.74, 6) is -1.03. The first kappa shape index (κ1) is 28.7. The zero-order chi connectivity index (χ0) is 23.4. The van der Waals surface area contributed by atoms with Crippen LogP contribution in [-0.4, -0.2) is 70.6 Å². The maximum atomic E-state index is 13.1. The highest BCUT2D eigenvalue weighted by atomic mass is 28.4. The van der Waals surface area contributed by atoms with Gasteiger partial charge in [0.15, 0.2) is 28.8 Å². The van der Waals surface area contributed by atoms with Gasteiger partial charge in [0.05, 0.1) is 0 Å². The third-order valence-electron chi connectivity index (χ3n) is 3.10. The molecule has 0 aromatic heterocycles. The van der Waals surface area contributed by atoms with Gasteiger partial charge in [-0.05, 0) is 78.6 Å². The highest BCUT2D eigenvalue weighted by Gasteiger charge is 2.47. The number of rotatable bonds is 11. The average molecular weight is 483 g/mol. The van der Waals surface area contributed by atoms with Crippen LogP contribution in [0.3, 0.4) is 0 Å². The lowest BCUT2D eigenvalue weighted by molar-refractivity contribution is -0.164. The third-order valence-corrected chi connectivity index (χ3v) is 6.67. The zero-order valence-corrected chi connectivity index (χ0v) is 24.6. The highest BCUT2D eigenvalue weighted by Crippen LogP contribution is 2.24. The molecule has 0 aromatic rings. The molecule has 0 unspecified atom stereocenters. The number of methoxy groups -OCH3 is 1. The summed E-state index contributed by atoms with van der Waals surface area (Å²) in [6.45, 7) is 23.5. The molecular weight excluding hydrogens is 441 g/mol. The largest absolute Gasteiger partial charge is 0.518 e. The van der Waals surface area contributed by atoms with Gasteiger partial charge < -0.3 is 22.4 Å². The first-order chi connectivity index (χ1) is 12.7.